The maximum atomic E-state index is 12.2. The first-order valence-electron chi connectivity index (χ1n) is 6.92. The summed E-state index contributed by atoms with van der Waals surface area (Å²) in [5.74, 6) is 0.346. The molecule has 112 valence electrons. The molecule has 0 saturated carbocycles. The highest BCUT2D eigenvalue weighted by Gasteiger charge is 2.17. The highest BCUT2D eigenvalue weighted by atomic mass is 79.9. The van der Waals surface area contributed by atoms with Crippen molar-refractivity contribution in [1.82, 2.24) is 20.3 Å². The third-order valence-electron chi connectivity index (χ3n) is 3.28. The molecule has 6 heteroatoms. The van der Waals surface area contributed by atoms with Gasteiger partial charge in [0.2, 0.25) is 5.91 Å². The van der Waals surface area contributed by atoms with E-state index in [1.54, 1.807) is 17.1 Å². The van der Waals surface area contributed by atoms with Gasteiger partial charge < -0.3 is 5.32 Å². The van der Waals surface area contributed by atoms with Crippen LogP contribution in [0.2, 0.25) is 0 Å². The SMILES string of the molecule is CC(C)C(Cn1ccnn1)NC(=O)Cc1ccc(Br)cc1. The van der Waals surface area contributed by atoms with Crippen molar-refractivity contribution in [3.8, 4) is 0 Å². The normalized spacial score (nSPS) is 12.4. The van der Waals surface area contributed by atoms with Gasteiger partial charge in [-0.3, -0.25) is 9.48 Å². The van der Waals surface area contributed by atoms with Gasteiger partial charge in [0.15, 0.2) is 0 Å². The van der Waals surface area contributed by atoms with Crippen molar-refractivity contribution in [1.29, 1.82) is 0 Å². The van der Waals surface area contributed by atoms with Gasteiger partial charge in [-0.15, -0.1) is 5.10 Å². The Kier molecular flexibility index (Phi) is 5.50. The van der Waals surface area contributed by atoms with Gasteiger partial charge >= 0.3 is 0 Å². The van der Waals surface area contributed by atoms with Crippen LogP contribution >= 0.6 is 15.9 Å². The van der Waals surface area contributed by atoms with Gasteiger partial charge in [-0.1, -0.05) is 47.1 Å². The zero-order valence-corrected chi connectivity index (χ0v) is 13.7. The third-order valence-corrected chi connectivity index (χ3v) is 3.81. The molecular formula is C15H19BrN4O. The molecule has 1 aromatic carbocycles. The molecule has 1 N–H and O–H groups in total. The number of carbonyl (C=O) groups excluding carboxylic acids is 1. The van der Waals surface area contributed by atoms with Crippen LogP contribution in [0.4, 0.5) is 0 Å². The number of benzene rings is 1. The molecule has 21 heavy (non-hydrogen) atoms. The molecule has 1 amide bonds. The van der Waals surface area contributed by atoms with Crippen molar-refractivity contribution in [2.45, 2.75) is 32.9 Å². The van der Waals surface area contributed by atoms with Crippen molar-refractivity contribution >= 4 is 21.8 Å². The molecule has 0 aliphatic heterocycles. The largest absolute Gasteiger partial charge is 0.351 e. The molecule has 1 heterocycles. The Morgan fingerprint density at radius 2 is 2.05 bits per heavy atom. The van der Waals surface area contributed by atoms with Gasteiger partial charge in [0.25, 0.3) is 0 Å². The Morgan fingerprint density at radius 1 is 1.33 bits per heavy atom. The van der Waals surface area contributed by atoms with Crippen LogP contribution in [0.5, 0.6) is 0 Å². The van der Waals surface area contributed by atoms with E-state index in [4.69, 9.17) is 0 Å². The number of carbonyl (C=O) groups is 1. The first kappa shape index (κ1) is 15.7. The fraction of sp³-hybridized carbons (Fsp3) is 0.400. The summed E-state index contributed by atoms with van der Waals surface area (Å²) in [5.41, 5.74) is 0.999. The van der Waals surface area contributed by atoms with E-state index in [2.05, 4.69) is 45.4 Å². The van der Waals surface area contributed by atoms with E-state index in [0.717, 1.165) is 10.0 Å². The average molecular weight is 351 g/mol. The zero-order valence-electron chi connectivity index (χ0n) is 12.2. The summed E-state index contributed by atoms with van der Waals surface area (Å²) in [6.07, 6.45) is 3.82. The lowest BCUT2D eigenvalue weighted by atomic mass is 10.0. The average Bonchev–Trinajstić information content (AvgIpc) is 2.93. The minimum atomic E-state index is 0.0242. The highest BCUT2D eigenvalue weighted by Crippen LogP contribution is 2.11. The number of halogens is 1. The molecule has 0 aliphatic carbocycles. The maximum absolute atomic E-state index is 12.2. The summed E-state index contributed by atoms with van der Waals surface area (Å²) < 4.78 is 2.75. The number of nitrogens with one attached hydrogen (secondary N) is 1. The second-order valence-electron chi connectivity index (χ2n) is 5.35. The molecule has 0 radical (unpaired) electrons. The predicted octanol–water partition coefficient (Wildman–Crippen LogP) is 2.42. The number of rotatable bonds is 6. The Hall–Kier alpha value is -1.69. The molecule has 0 bridgehead atoms. The molecule has 2 aromatic rings. The Bertz CT molecular complexity index is 566. The molecular weight excluding hydrogens is 332 g/mol. The number of hydrogen-bond acceptors (Lipinski definition) is 3. The van der Waals surface area contributed by atoms with Crippen molar-refractivity contribution in [2.24, 2.45) is 5.92 Å². The van der Waals surface area contributed by atoms with Gasteiger partial charge in [-0.25, -0.2) is 0 Å². The van der Waals surface area contributed by atoms with Gasteiger partial charge in [-0.05, 0) is 23.6 Å². The standard InChI is InChI=1S/C15H19BrN4O/c1-11(2)14(10-20-8-7-17-19-20)18-15(21)9-12-3-5-13(16)6-4-12/h3-8,11,14H,9-10H2,1-2H3,(H,18,21). The quantitative estimate of drug-likeness (QED) is 0.870. The summed E-state index contributed by atoms with van der Waals surface area (Å²) in [7, 11) is 0. The van der Waals surface area contributed by atoms with Gasteiger partial charge in [0, 0.05) is 10.7 Å². The topological polar surface area (TPSA) is 59.8 Å². The molecule has 1 atom stereocenters. The Labute approximate surface area is 132 Å². The number of nitrogens with zero attached hydrogens (tertiary/aromatic N) is 3. The first-order valence-corrected chi connectivity index (χ1v) is 7.72. The summed E-state index contributed by atoms with van der Waals surface area (Å²) >= 11 is 3.39. The van der Waals surface area contributed by atoms with Crippen molar-refractivity contribution in [3.05, 3.63) is 46.7 Å². The van der Waals surface area contributed by atoms with Crippen LogP contribution < -0.4 is 5.32 Å². The van der Waals surface area contributed by atoms with E-state index < -0.39 is 0 Å². The number of hydrogen-bond donors (Lipinski definition) is 1. The van der Waals surface area contributed by atoms with Crippen LogP contribution in [0.1, 0.15) is 19.4 Å². The van der Waals surface area contributed by atoms with Crippen LogP contribution in [-0.2, 0) is 17.8 Å². The van der Waals surface area contributed by atoms with Gasteiger partial charge in [0.1, 0.15) is 0 Å². The van der Waals surface area contributed by atoms with E-state index in [9.17, 15) is 4.79 Å². The van der Waals surface area contributed by atoms with Gasteiger partial charge in [0.05, 0.1) is 25.2 Å². The van der Waals surface area contributed by atoms with E-state index in [0.29, 0.717) is 18.9 Å². The molecule has 0 aliphatic rings. The molecule has 0 spiro atoms. The minimum absolute atomic E-state index is 0.0242. The van der Waals surface area contributed by atoms with Crippen LogP contribution in [0.3, 0.4) is 0 Å². The molecule has 0 fully saturated rings. The lowest BCUT2D eigenvalue weighted by Crippen LogP contribution is -2.42. The van der Waals surface area contributed by atoms with Crippen LogP contribution in [-0.4, -0.2) is 26.9 Å². The maximum Gasteiger partial charge on any atom is 0.224 e. The lowest BCUT2D eigenvalue weighted by molar-refractivity contribution is -0.121. The van der Waals surface area contributed by atoms with Crippen LogP contribution in [0, 0.1) is 5.92 Å². The van der Waals surface area contributed by atoms with Crippen LogP contribution in [0.25, 0.3) is 0 Å². The second kappa shape index (κ2) is 7.36. The Morgan fingerprint density at radius 3 is 2.62 bits per heavy atom. The monoisotopic (exact) mass is 350 g/mol. The summed E-state index contributed by atoms with van der Waals surface area (Å²) in [5, 5.41) is 10.8. The molecule has 5 nitrogen and oxygen atoms in total. The fourth-order valence-corrected chi connectivity index (χ4v) is 2.26. The van der Waals surface area contributed by atoms with Gasteiger partial charge in [-0.2, -0.15) is 0 Å². The minimum Gasteiger partial charge on any atom is -0.351 e. The predicted molar refractivity (Wildman–Crippen MR) is 84.6 cm³/mol. The number of amides is 1. The van der Waals surface area contributed by atoms with E-state index in [1.807, 2.05) is 24.3 Å². The fourth-order valence-electron chi connectivity index (χ4n) is 2.00. The van der Waals surface area contributed by atoms with E-state index in [-0.39, 0.29) is 11.9 Å². The zero-order chi connectivity index (χ0) is 15.2. The van der Waals surface area contributed by atoms with Crippen molar-refractivity contribution in [3.63, 3.8) is 0 Å². The third kappa shape index (κ3) is 4.97. The van der Waals surface area contributed by atoms with E-state index in [1.165, 1.54) is 0 Å². The molecule has 1 unspecified atom stereocenters. The Balaban J connectivity index is 1.93. The number of aromatic nitrogens is 3. The highest BCUT2D eigenvalue weighted by molar-refractivity contribution is 9.10. The second-order valence-corrected chi connectivity index (χ2v) is 6.26. The smallest absolute Gasteiger partial charge is 0.224 e. The van der Waals surface area contributed by atoms with Crippen LogP contribution in [0.15, 0.2) is 41.1 Å². The molecule has 2 rings (SSSR count). The molecule has 1 aromatic heterocycles. The lowest BCUT2D eigenvalue weighted by Gasteiger charge is -2.22. The van der Waals surface area contributed by atoms with Crippen molar-refractivity contribution in [2.75, 3.05) is 0 Å². The van der Waals surface area contributed by atoms with Crippen molar-refractivity contribution < 1.29 is 4.79 Å². The summed E-state index contributed by atoms with van der Waals surface area (Å²) in [6, 6.07) is 7.82. The first-order chi connectivity index (χ1) is 10.0. The van der Waals surface area contributed by atoms with E-state index >= 15 is 0 Å². The summed E-state index contributed by atoms with van der Waals surface area (Å²) in [4.78, 5) is 12.2. The summed E-state index contributed by atoms with van der Waals surface area (Å²) in [6.45, 7) is 4.80. The molecule has 0 saturated heterocycles.